The summed E-state index contributed by atoms with van der Waals surface area (Å²) in [5.41, 5.74) is 1.18. The second-order valence-electron chi connectivity index (χ2n) is 5.77. The molecule has 2 heterocycles. The van der Waals surface area contributed by atoms with E-state index in [2.05, 4.69) is 6.58 Å². The van der Waals surface area contributed by atoms with Crippen molar-refractivity contribution in [3.8, 4) is 0 Å². The van der Waals surface area contributed by atoms with Gasteiger partial charge in [-0.05, 0) is 42.9 Å². The molecule has 2 atom stereocenters. The maximum atomic E-state index is 12.2. The molecule has 3 rings (SSSR count). The summed E-state index contributed by atoms with van der Waals surface area (Å²) in [7, 11) is -0.744. The Balaban J connectivity index is 1.94. The van der Waals surface area contributed by atoms with E-state index in [1.165, 1.54) is 0 Å². The smallest absolute Gasteiger partial charge is 0.0919 e. The summed E-state index contributed by atoms with van der Waals surface area (Å²) in [6.07, 6.45) is 6.21. The van der Waals surface area contributed by atoms with Crippen molar-refractivity contribution in [2.45, 2.75) is 48.2 Å². The van der Waals surface area contributed by atoms with Gasteiger partial charge in [-0.1, -0.05) is 37.3 Å². The van der Waals surface area contributed by atoms with Crippen molar-refractivity contribution < 1.29 is 9.32 Å². The molecule has 0 amide bonds. The van der Waals surface area contributed by atoms with Crippen LogP contribution in [0.5, 0.6) is 0 Å². The van der Waals surface area contributed by atoms with E-state index in [9.17, 15) is 9.32 Å². The van der Waals surface area contributed by atoms with E-state index in [4.69, 9.17) is 0 Å². The Bertz CT molecular complexity index is 507. The molecule has 2 fully saturated rings. The molecular weight excluding hydrogens is 256 g/mol. The van der Waals surface area contributed by atoms with Crippen molar-refractivity contribution in [1.82, 2.24) is 0 Å². The lowest BCUT2D eigenvalue weighted by molar-refractivity contribution is 0.00653. The fourth-order valence-corrected chi connectivity index (χ4v) is 5.70. The summed E-state index contributed by atoms with van der Waals surface area (Å²) in [5.74, 6) is 0. The first-order chi connectivity index (χ1) is 9.12. The maximum Gasteiger partial charge on any atom is 0.0919 e. The number of benzene rings is 1. The SMILES string of the molecule is C=Cc1cccc(C2(O)CC3CCCC(C2)S3=O)c1. The Morgan fingerprint density at radius 3 is 2.63 bits per heavy atom. The lowest BCUT2D eigenvalue weighted by Crippen LogP contribution is -2.47. The highest BCUT2D eigenvalue weighted by atomic mass is 32.2. The molecule has 0 aromatic heterocycles. The zero-order chi connectivity index (χ0) is 13.5. The standard InChI is InChI=1S/C16H20O2S/c1-2-12-5-3-6-13(9-12)16(17)10-14-7-4-8-15(11-16)19(14)18/h2-3,5-6,9,14-15,17H,1,4,7-8,10-11H2. The highest BCUT2D eigenvalue weighted by Gasteiger charge is 2.46. The van der Waals surface area contributed by atoms with Gasteiger partial charge >= 0.3 is 0 Å². The molecule has 2 nitrogen and oxygen atoms in total. The number of hydrogen-bond acceptors (Lipinski definition) is 2. The molecule has 0 spiro atoms. The van der Waals surface area contributed by atoms with Gasteiger partial charge in [-0.2, -0.15) is 0 Å². The quantitative estimate of drug-likeness (QED) is 0.901. The van der Waals surface area contributed by atoms with Crippen LogP contribution in [0, 0.1) is 0 Å². The minimum atomic E-state index is -0.803. The highest BCUT2D eigenvalue weighted by molar-refractivity contribution is 7.86. The molecule has 2 aliphatic heterocycles. The molecule has 102 valence electrons. The van der Waals surface area contributed by atoms with Crippen LogP contribution < -0.4 is 0 Å². The summed E-state index contributed by atoms with van der Waals surface area (Å²) in [5, 5.41) is 11.4. The normalized spacial score (nSPS) is 37.8. The number of hydrogen-bond donors (Lipinski definition) is 1. The molecule has 1 aromatic rings. The van der Waals surface area contributed by atoms with Crippen LogP contribution >= 0.6 is 0 Å². The van der Waals surface area contributed by atoms with Gasteiger partial charge in [-0.3, -0.25) is 4.21 Å². The minimum Gasteiger partial charge on any atom is -0.385 e. The maximum absolute atomic E-state index is 12.2. The third-order valence-corrected chi connectivity index (χ3v) is 6.62. The topological polar surface area (TPSA) is 37.3 Å². The van der Waals surface area contributed by atoms with Crippen LogP contribution in [0.15, 0.2) is 30.8 Å². The summed E-state index contributed by atoms with van der Waals surface area (Å²) < 4.78 is 12.2. The molecule has 2 unspecified atom stereocenters. The van der Waals surface area contributed by atoms with Crippen molar-refractivity contribution in [2.24, 2.45) is 0 Å². The molecule has 19 heavy (non-hydrogen) atoms. The summed E-state index contributed by atoms with van der Waals surface area (Å²) in [4.78, 5) is 0. The fraction of sp³-hybridized carbons (Fsp3) is 0.500. The van der Waals surface area contributed by atoms with Crippen molar-refractivity contribution in [2.75, 3.05) is 0 Å². The van der Waals surface area contributed by atoms with Gasteiger partial charge in [0.15, 0.2) is 0 Å². The molecule has 3 heteroatoms. The van der Waals surface area contributed by atoms with Crippen molar-refractivity contribution >= 4 is 16.9 Å². The number of aliphatic hydroxyl groups is 1. The fourth-order valence-electron chi connectivity index (χ4n) is 3.47. The van der Waals surface area contributed by atoms with E-state index in [1.54, 1.807) is 6.08 Å². The second kappa shape index (κ2) is 4.88. The number of fused-ring (bicyclic) bond motifs is 2. The second-order valence-corrected chi connectivity index (χ2v) is 7.76. The van der Waals surface area contributed by atoms with Crippen molar-refractivity contribution in [3.63, 3.8) is 0 Å². The predicted molar refractivity (Wildman–Crippen MR) is 79.2 cm³/mol. The van der Waals surface area contributed by atoms with Crippen LogP contribution in [0.4, 0.5) is 0 Å². The van der Waals surface area contributed by atoms with Gasteiger partial charge in [0.05, 0.1) is 5.60 Å². The first kappa shape index (κ1) is 13.1. The Morgan fingerprint density at radius 2 is 2.00 bits per heavy atom. The monoisotopic (exact) mass is 276 g/mol. The van der Waals surface area contributed by atoms with E-state index < -0.39 is 16.4 Å². The van der Waals surface area contributed by atoms with Crippen molar-refractivity contribution in [3.05, 3.63) is 42.0 Å². The minimum absolute atomic E-state index is 0.171. The van der Waals surface area contributed by atoms with Gasteiger partial charge < -0.3 is 5.11 Å². The van der Waals surface area contributed by atoms with Crippen LogP contribution in [-0.2, 0) is 16.4 Å². The molecule has 0 radical (unpaired) electrons. The lowest BCUT2D eigenvalue weighted by Gasteiger charge is -2.43. The molecular formula is C16H20O2S. The average molecular weight is 276 g/mol. The van der Waals surface area contributed by atoms with E-state index in [1.807, 2.05) is 24.3 Å². The first-order valence-corrected chi connectivity index (χ1v) is 8.25. The third-order valence-electron chi connectivity index (χ3n) is 4.50. The molecule has 0 aliphatic carbocycles. The summed E-state index contributed by atoms with van der Waals surface area (Å²) in [6, 6.07) is 7.95. The average Bonchev–Trinajstić information content (AvgIpc) is 2.41. The van der Waals surface area contributed by atoms with Crippen LogP contribution in [-0.4, -0.2) is 19.8 Å². The van der Waals surface area contributed by atoms with Crippen molar-refractivity contribution in [1.29, 1.82) is 0 Å². The zero-order valence-electron chi connectivity index (χ0n) is 11.0. The van der Waals surface area contributed by atoms with Gasteiger partial charge in [-0.25, -0.2) is 0 Å². The predicted octanol–water partition coefficient (Wildman–Crippen LogP) is 2.98. The molecule has 2 saturated heterocycles. The third kappa shape index (κ3) is 2.30. The lowest BCUT2D eigenvalue weighted by atomic mass is 9.80. The molecule has 1 N–H and O–H groups in total. The van der Waals surface area contributed by atoms with E-state index in [0.29, 0.717) is 12.8 Å². The molecule has 0 saturated carbocycles. The molecule has 2 bridgehead atoms. The molecule has 2 aliphatic rings. The van der Waals surface area contributed by atoms with Gasteiger partial charge in [0.25, 0.3) is 0 Å². The van der Waals surface area contributed by atoms with Gasteiger partial charge in [0, 0.05) is 21.3 Å². The Hall–Kier alpha value is -0.930. The van der Waals surface area contributed by atoms with Gasteiger partial charge in [0.1, 0.15) is 0 Å². The van der Waals surface area contributed by atoms with E-state index in [-0.39, 0.29) is 10.5 Å². The van der Waals surface area contributed by atoms with Crippen LogP contribution in [0.2, 0.25) is 0 Å². The van der Waals surface area contributed by atoms with Gasteiger partial charge in [-0.15, -0.1) is 0 Å². The molecule has 1 aromatic carbocycles. The Labute approximate surface area is 117 Å². The largest absolute Gasteiger partial charge is 0.385 e. The summed E-state index contributed by atoms with van der Waals surface area (Å²) in [6.45, 7) is 3.78. The Morgan fingerprint density at radius 1 is 1.32 bits per heavy atom. The zero-order valence-corrected chi connectivity index (χ0v) is 11.9. The summed E-state index contributed by atoms with van der Waals surface area (Å²) >= 11 is 0. The number of rotatable bonds is 2. The van der Waals surface area contributed by atoms with Gasteiger partial charge in [0.2, 0.25) is 0 Å². The Kier molecular flexibility index (Phi) is 3.35. The van der Waals surface area contributed by atoms with Crippen LogP contribution in [0.3, 0.4) is 0 Å². The van der Waals surface area contributed by atoms with E-state index in [0.717, 1.165) is 30.4 Å². The van der Waals surface area contributed by atoms with Crippen LogP contribution in [0.25, 0.3) is 6.08 Å². The first-order valence-electron chi connectivity index (χ1n) is 6.97. The highest BCUT2D eigenvalue weighted by Crippen LogP contribution is 2.44. The van der Waals surface area contributed by atoms with Crippen LogP contribution in [0.1, 0.15) is 43.2 Å². The van der Waals surface area contributed by atoms with E-state index >= 15 is 0 Å².